The van der Waals surface area contributed by atoms with Crippen molar-refractivity contribution in [1.82, 2.24) is 0 Å². The lowest BCUT2D eigenvalue weighted by atomic mass is 9.83. The predicted octanol–water partition coefficient (Wildman–Crippen LogP) is 3.18. The molecule has 4 heteroatoms. The minimum Gasteiger partial charge on any atom is -0.494 e. The first-order chi connectivity index (χ1) is 8.21. The lowest BCUT2D eigenvalue weighted by molar-refractivity contribution is 0.161. The van der Waals surface area contributed by atoms with Gasteiger partial charge in [0.2, 0.25) is 0 Å². The molecule has 1 saturated heterocycles. The predicted molar refractivity (Wildman–Crippen MR) is 68.3 cm³/mol. The molecule has 1 atom stereocenters. The van der Waals surface area contributed by atoms with E-state index in [9.17, 15) is 4.39 Å². The fourth-order valence-corrected chi connectivity index (χ4v) is 2.84. The van der Waals surface area contributed by atoms with Crippen LogP contribution in [0, 0.1) is 11.2 Å². The largest absolute Gasteiger partial charge is 0.494 e. The molecule has 0 bridgehead atoms. The number of methoxy groups -OCH3 is 1. The zero-order chi connectivity index (χ0) is 12.3. The topological polar surface area (TPSA) is 18.5 Å². The molecular weight excluding hydrogens is 287 g/mol. The fraction of sp³-hybridized carbons (Fsp3) is 0.538. The van der Waals surface area contributed by atoms with Gasteiger partial charge >= 0.3 is 0 Å². The first-order valence-corrected chi connectivity index (χ1v) is 6.78. The van der Waals surface area contributed by atoms with Crippen LogP contribution < -0.4 is 4.74 Å². The summed E-state index contributed by atoms with van der Waals surface area (Å²) in [5.41, 5.74) is 0.724. The molecule has 0 radical (unpaired) electrons. The van der Waals surface area contributed by atoms with Gasteiger partial charge in [-0.1, -0.05) is 28.1 Å². The summed E-state index contributed by atoms with van der Waals surface area (Å²) >= 11 is 3.52. The lowest BCUT2D eigenvalue weighted by Gasteiger charge is -2.25. The molecule has 1 unspecified atom stereocenters. The zero-order valence-corrected chi connectivity index (χ0v) is 11.4. The molecule has 17 heavy (non-hydrogen) atoms. The second kappa shape index (κ2) is 5.36. The van der Waals surface area contributed by atoms with Crippen molar-refractivity contribution >= 4 is 15.9 Å². The van der Waals surface area contributed by atoms with Crippen LogP contribution in [-0.2, 0) is 11.2 Å². The zero-order valence-electron chi connectivity index (χ0n) is 9.84. The van der Waals surface area contributed by atoms with Gasteiger partial charge in [-0.05, 0) is 24.5 Å². The van der Waals surface area contributed by atoms with Crippen molar-refractivity contribution in [2.24, 2.45) is 5.41 Å². The minimum atomic E-state index is -0.248. The molecule has 0 N–H and O–H groups in total. The molecule has 1 aliphatic rings. The van der Waals surface area contributed by atoms with E-state index in [4.69, 9.17) is 9.47 Å². The average molecular weight is 303 g/mol. The van der Waals surface area contributed by atoms with Crippen molar-refractivity contribution in [3.63, 3.8) is 0 Å². The molecule has 1 aromatic rings. The van der Waals surface area contributed by atoms with Gasteiger partial charge in [-0.2, -0.15) is 0 Å². The molecule has 1 heterocycles. The second-order valence-electron chi connectivity index (χ2n) is 4.55. The van der Waals surface area contributed by atoms with Crippen molar-refractivity contribution in [3.05, 3.63) is 29.6 Å². The molecule has 2 nitrogen and oxygen atoms in total. The van der Waals surface area contributed by atoms with Gasteiger partial charge in [-0.25, -0.2) is 4.39 Å². The number of hydrogen-bond donors (Lipinski definition) is 0. The summed E-state index contributed by atoms with van der Waals surface area (Å²) in [7, 11) is 1.49. The summed E-state index contributed by atoms with van der Waals surface area (Å²) in [5.74, 6) is 0.0633. The number of alkyl halides is 1. The van der Waals surface area contributed by atoms with Gasteiger partial charge in [-0.15, -0.1) is 0 Å². The normalized spacial score (nSPS) is 23.9. The highest BCUT2D eigenvalue weighted by molar-refractivity contribution is 9.09. The van der Waals surface area contributed by atoms with E-state index in [-0.39, 0.29) is 11.2 Å². The van der Waals surface area contributed by atoms with E-state index in [2.05, 4.69) is 15.9 Å². The maximum atomic E-state index is 14.1. The third-order valence-corrected chi connectivity index (χ3v) is 4.49. The van der Waals surface area contributed by atoms with Crippen LogP contribution in [0.4, 0.5) is 4.39 Å². The van der Waals surface area contributed by atoms with Crippen LogP contribution in [0.2, 0.25) is 0 Å². The SMILES string of the molecule is COc1cccc(CC2(CBr)CCOC2)c1F. The second-order valence-corrected chi connectivity index (χ2v) is 5.11. The Labute approximate surface area is 109 Å². The van der Waals surface area contributed by atoms with Gasteiger partial charge in [0.1, 0.15) is 0 Å². The number of rotatable bonds is 4. The number of benzene rings is 1. The van der Waals surface area contributed by atoms with Crippen molar-refractivity contribution in [1.29, 1.82) is 0 Å². The van der Waals surface area contributed by atoms with E-state index >= 15 is 0 Å². The Bertz CT molecular complexity index is 389. The molecule has 0 amide bonds. The van der Waals surface area contributed by atoms with Crippen molar-refractivity contribution in [2.45, 2.75) is 12.8 Å². The standard InChI is InChI=1S/C13H16BrFO2/c1-16-11-4-2-3-10(12(11)15)7-13(8-14)5-6-17-9-13/h2-4H,5-9H2,1H3. The van der Waals surface area contributed by atoms with Crippen molar-refractivity contribution < 1.29 is 13.9 Å². The van der Waals surface area contributed by atoms with Gasteiger partial charge in [-0.3, -0.25) is 0 Å². The maximum Gasteiger partial charge on any atom is 0.168 e. The Morgan fingerprint density at radius 2 is 2.35 bits per heavy atom. The molecule has 0 spiro atoms. The Morgan fingerprint density at radius 3 is 2.94 bits per heavy atom. The third-order valence-electron chi connectivity index (χ3n) is 3.30. The Balaban J connectivity index is 2.23. The van der Waals surface area contributed by atoms with E-state index in [0.717, 1.165) is 18.4 Å². The third kappa shape index (κ3) is 2.63. The smallest absolute Gasteiger partial charge is 0.168 e. The summed E-state index contributed by atoms with van der Waals surface area (Å²) in [4.78, 5) is 0. The highest BCUT2D eigenvalue weighted by Gasteiger charge is 2.35. The lowest BCUT2D eigenvalue weighted by Crippen LogP contribution is -2.26. The highest BCUT2D eigenvalue weighted by atomic mass is 79.9. The summed E-state index contributed by atoms with van der Waals surface area (Å²) in [6.45, 7) is 1.45. The summed E-state index contributed by atoms with van der Waals surface area (Å²) in [6, 6.07) is 5.29. The molecule has 1 aliphatic heterocycles. The van der Waals surface area contributed by atoms with Crippen LogP contribution >= 0.6 is 15.9 Å². The molecule has 94 valence electrons. The Hall–Kier alpha value is -0.610. The van der Waals surface area contributed by atoms with Gasteiger partial charge in [0.25, 0.3) is 0 Å². The molecule has 1 aromatic carbocycles. The monoisotopic (exact) mass is 302 g/mol. The van der Waals surface area contributed by atoms with E-state index in [1.807, 2.05) is 12.1 Å². The van der Waals surface area contributed by atoms with Crippen LogP contribution in [-0.4, -0.2) is 25.7 Å². The summed E-state index contributed by atoms with van der Waals surface area (Å²) in [5, 5.41) is 0.830. The number of halogens is 2. The van der Waals surface area contributed by atoms with Crippen molar-refractivity contribution in [2.75, 3.05) is 25.7 Å². The van der Waals surface area contributed by atoms with Gasteiger partial charge in [0, 0.05) is 17.4 Å². The van der Waals surface area contributed by atoms with Crippen molar-refractivity contribution in [3.8, 4) is 5.75 Å². The number of ether oxygens (including phenoxy) is 2. The first-order valence-electron chi connectivity index (χ1n) is 5.66. The van der Waals surface area contributed by atoms with E-state index in [1.54, 1.807) is 6.07 Å². The van der Waals surface area contributed by atoms with Crippen LogP contribution in [0.5, 0.6) is 5.75 Å². The molecule has 0 aromatic heterocycles. The maximum absolute atomic E-state index is 14.1. The summed E-state index contributed by atoms with van der Waals surface area (Å²) < 4.78 is 24.5. The molecule has 0 saturated carbocycles. The average Bonchev–Trinajstić information content (AvgIpc) is 2.81. The molecule has 2 rings (SSSR count). The summed E-state index contributed by atoms with van der Waals surface area (Å²) in [6.07, 6.45) is 1.65. The first kappa shape index (κ1) is 12.8. The van der Waals surface area contributed by atoms with E-state index < -0.39 is 0 Å². The molecule has 1 fully saturated rings. The Morgan fingerprint density at radius 1 is 1.53 bits per heavy atom. The van der Waals surface area contributed by atoms with Crippen LogP contribution in [0.1, 0.15) is 12.0 Å². The van der Waals surface area contributed by atoms with Crippen LogP contribution in [0.3, 0.4) is 0 Å². The highest BCUT2D eigenvalue weighted by Crippen LogP contribution is 2.36. The fourth-order valence-electron chi connectivity index (χ4n) is 2.20. The van der Waals surface area contributed by atoms with Gasteiger partial charge in [0.15, 0.2) is 11.6 Å². The van der Waals surface area contributed by atoms with E-state index in [1.165, 1.54) is 7.11 Å². The Kier molecular flexibility index (Phi) is 4.05. The quantitative estimate of drug-likeness (QED) is 0.795. The van der Waals surface area contributed by atoms with Crippen LogP contribution in [0.15, 0.2) is 18.2 Å². The van der Waals surface area contributed by atoms with Crippen LogP contribution in [0.25, 0.3) is 0 Å². The molecular formula is C13H16BrFO2. The number of hydrogen-bond acceptors (Lipinski definition) is 2. The molecule has 0 aliphatic carbocycles. The van der Waals surface area contributed by atoms with E-state index in [0.29, 0.717) is 24.3 Å². The van der Waals surface area contributed by atoms with Gasteiger partial charge in [0.05, 0.1) is 13.7 Å². The minimum absolute atomic E-state index is 0.0210. The van der Waals surface area contributed by atoms with Gasteiger partial charge < -0.3 is 9.47 Å².